The van der Waals surface area contributed by atoms with Gasteiger partial charge in [-0.2, -0.15) is 0 Å². The average Bonchev–Trinajstić information content (AvgIpc) is 2.05. The summed E-state index contributed by atoms with van der Waals surface area (Å²) in [7, 11) is -3.67. The van der Waals surface area contributed by atoms with E-state index in [4.69, 9.17) is 0 Å². The van der Waals surface area contributed by atoms with E-state index >= 15 is 0 Å². The molecular formula is C7H6BBrF3K. The summed E-state index contributed by atoms with van der Waals surface area (Å²) in [4.78, 5) is 0. The van der Waals surface area contributed by atoms with Crippen LogP contribution in [-0.2, 0) is 0.515 Å². The fourth-order valence-electron chi connectivity index (χ4n) is 0.720. The van der Waals surface area contributed by atoms with Gasteiger partial charge in [0.2, 0.25) is 0 Å². The van der Waals surface area contributed by atoms with E-state index in [-0.39, 0.29) is 0 Å². The van der Waals surface area contributed by atoms with Crippen molar-refractivity contribution in [1.29, 1.82) is 0 Å². The van der Waals surface area contributed by atoms with Gasteiger partial charge < -0.3 is 0 Å². The van der Waals surface area contributed by atoms with Crippen molar-refractivity contribution in [1.82, 2.24) is 0 Å². The molecule has 0 nitrogen and oxygen atoms in total. The minimum absolute atomic E-state index is 0.945. The van der Waals surface area contributed by atoms with Gasteiger partial charge in [0.1, 0.15) is 0 Å². The Morgan fingerprint density at radius 2 is 1.54 bits per heavy atom. The van der Waals surface area contributed by atoms with Gasteiger partial charge in [-0.3, -0.25) is 12.9 Å². The molecule has 0 heterocycles. The normalized spacial score (nSPS) is 8.77. The van der Waals surface area contributed by atoms with Crippen LogP contribution in [-0.4, -0.2) is 56.5 Å². The van der Waals surface area contributed by atoms with Crippen molar-refractivity contribution in [2.24, 2.45) is 0 Å². The molecule has 1 aromatic rings. The summed E-state index contributed by atoms with van der Waals surface area (Å²) in [5.41, 5.74) is 1.47. The predicted octanol–water partition coefficient (Wildman–Crippen LogP) is 3.00. The second-order valence-corrected chi connectivity index (χ2v) is 4.25. The van der Waals surface area contributed by atoms with Crippen LogP contribution < -0.4 is 0 Å². The molecule has 0 spiro atoms. The predicted molar refractivity (Wildman–Crippen MR) is 52.7 cm³/mol. The van der Waals surface area contributed by atoms with E-state index in [1.807, 2.05) is 0 Å². The van der Waals surface area contributed by atoms with Crippen molar-refractivity contribution in [3.05, 3.63) is 34.3 Å². The van der Waals surface area contributed by atoms with Crippen molar-refractivity contribution >= 4 is 72.4 Å². The van der Waals surface area contributed by atoms with Gasteiger partial charge in [0.05, 0.1) is 0 Å². The fraction of sp³-hybridized carbons (Fsp3) is 0.143. The summed E-state index contributed by atoms with van der Waals surface area (Å²) in [6.45, 7) is 0. The molecule has 66 valence electrons. The van der Waals surface area contributed by atoms with Crippen LogP contribution in [0.3, 0.4) is 0 Å². The molecule has 0 N–H and O–H groups in total. The zero-order chi connectivity index (χ0) is 10.3. The zero-order valence-corrected chi connectivity index (χ0v) is 11.8. The summed E-state index contributed by atoms with van der Waals surface area (Å²) in [5.74, 6) is 0. The van der Waals surface area contributed by atoms with Crippen molar-refractivity contribution in [3.63, 3.8) is 0 Å². The third kappa shape index (κ3) is 9.49. The van der Waals surface area contributed by atoms with Crippen LogP contribution in [0.2, 0.25) is 0 Å². The monoisotopic (exact) mass is 276 g/mol. The van der Waals surface area contributed by atoms with Gasteiger partial charge in [0.15, 0.2) is 0 Å². The van der Waals surface area contributed by atoms with Crippen LogP contribution >= 0.6 is 15.9 Å². The molecule has 0 radical (unpaired) electrons. The number of rotatable bonds is 1. The summed E-state index contributed by atoms with van der Waals surface area (Å²) >= 11 is 4.34. The molecule has 0 aliphatic heterocycles. The van der Waals surface area contributed by atoms with Crippen molar-refractivity contribution in [3.8, 4) is 0 Å². The van der Waals surface area contributed by atoms with Gasteiger partial charge in [-0.25, -0.2) is 0 Å². The van der Waals surface area contributed by atoms with Gasteiger partial charge in [0, 0.05) is 0 Å². The summed E-state index contributed by atoms with van der Waals surface area (Å²) in [6, 6.07) is 8.55. The Morgan fingerprint density at radius 1 is 1.15 bits per heavy atom. The molecule has 6 heteroatoms. The Hall–Kier alpha value is 1.19. The van der Waals surface area contributed by atoms with E-state index in [1.54, 1.807) is 0 Å². The van der Waals surface area contributed by atoms with Gasteiger partial charge in [0.25, 0.3) is 0 Å². The Morgan fingerprint density at radius 3 is 1.85 bits per heavy atom. The van der Waals surface area contributed by atoms with Gasteiger partial charge in [-0.1, -0.05) is 0 Å². The third-order valence-corrected chi connectivity index (χ3v) is 3.13. The molecule has 0 unspecified atom stereocenters. The Balaban J connectivity index is 0.000000310. The SMILES string of the molecule is FB(F)F.[K][CH2]c1ccc(Br)cc1. The quantitative estimate of drug-likeness (QED) is 0.692. The first-order valence-electron chi connectivity index (χ1n) is 3.73. The van der Waals surface area contributed by atoms with Crippen LogP contribution in [0, 0.1) is 0 Å². The molecule has 0 saturated heterocycles. The maximum absolute atomic E-state index is 9.67. The topological polar surface area (TPSA) is 0 Å². The van der Waals surface area contributed by atoms with E-state index in [2.05, 4.69) is 40.2 Å². The minimum atomic E-state index is -3.67. The van der Waals surface area contributed by atoms with Crippen molar-refractivity contribution < 1.29 is 12.9 Å². The van der Waals surface area contributed by atoms with E-state index < -0.39 is 7.54 Å². The van der Waals surface area contributed by atoms with Crippen LogP contribution in [0.25, 0.3) is 0 Å². The Bertz CT molecular complexity index is 227. The van der Waals surface area contributed by atoms with E-state index in [0.29, 0.717) is 0 Å². The van der Waals surface area contributed by atoms with E-state index in [1.165, 1.54) is 10.6 Å². The van der Waals surface area contributed by atoms with Gasteiger partial charge in [-0.05, 0) is 0 Å². The molecule has 1 aromatic carbocycles. The Kier molecular flexibility index (Phi) is 9.27. The van der Waals surface area contributed by atoms with Gasteiger partial charge >= 0.3 is 107 Å². The number of hydrogen-bond donors (Lipinski definition) is 0. The molecule has 1 rings (SSSR count). The summed E-state index contributed by atoms with van der Waals surface area (Å²) in [6.07, 6.45) is 0. The molecule has 0 fully saturated rings. The van der Waals surface area contributed by atoms with Crippen LogP contribution in [0.1, 0.15) is 5.56 Å². The third-order valence-electron chi connectivity index (χ3n) is 1.32. The zero-order valence-electron chi connectivity index (χ0n) is 7.11. The summed E-state index contributed by atoms with van der Waals surface area (Å²) < 4.78 is 31.5. The standard InChI is InChI=1S/C7H6Br.BF3.K/c1-6-2-4-7(8)5-3-6;2-1(3)4;/h2-5H,1H2;;. The molecule has 13 heavy (non-hydrogen) atoms. The van der Waals surface area contributed by atoms with Crippen LogP contribution in [0.4, 0.5) is 12.9 Å². The van der Waals surface area contributed by atoms with Crippen LogP contribution in [0.15, 0.2) is 28.7 Å². The van der Waals surface area contributed by atoms with E-state index in [0.717, 1.165) is 49.0 Å². The first-order chi connectivity index (χ1) is 6.06. The average molecular weight is 277 g/mol. The fourth-order valence-corrected chi connectivity index (χ4v) is 1.72. The molecule has 0 aliphatic carbocycles. The molecule has 0 aromatic heterocycles. The number of benzene rings is 1. The van der Waals surface area contributed by atoms with Gasteiger partial charge in [-0.15, -0.1) is 0 Å². The second-order valence-electron chi connectivity index (χ2n) is 2.23. The Labute approximate surface area is 118 Å². The molecule has 0 amide bonds. The molecule has 0 bridgehead atoms. The molecule has 0 aliphatic rings. The van der Waals surface area contributed by atoms with Crippen molar-refractivity contribution in [2.75, 3.05) is 0 Å². The molecule has 0 saturated carbocycles. The second kappa shape index (κ2) is 8.50. The number of halogens is 4. The first-order valence-corrected chi connectivity index (χ1v) is 6.73. The summed E-state index contributed by atoms with van der Waals surface area (Å²) in [5, 5.41) is 0. The number of hydrogen-bond acceptors (Lipinski definition) is 0. The van der Waals surface area contributed by atoms with E-state index in [9.17, 15) is 12.9 Å². The maximum atomic E-state index is 9.67. The van der Waals surface area contributed by atoms with Crippen LogP contribution in [0.5, 0.6) is 0 Å². The molecule has 0 atom stereocenters. The molecular weight excluding hydrogens is 271 g/mol. The van der Waals surface area contributed by atoms with Crippen molar-refractivity contribution in [2.45, 2.75) is 0.515 Å². The first kappa shape index (κ1) is 14.2.